The minimum atomic E-state index is -0.342. The molecule has 70 valence electrons. The van der Waals surface area contributed by atoms with Crippen molar-refractivity contribution in [2.45, 2.75) is 45.2 Å². The van der Waals surface area contributed by atoms with Gasteiger partial charge in [-0.2, -0.15) is 0 Å². The lowest BCUT2D eigenvalue weighted by molar-refractivity contribution is -0.135. The quantitative estimate of drug-likeness (QED) is 0.630. The van der Waals surface area contributed by atoms with Gasteiger partial charge in [-0.15, -0.1) is 0 Å². The van der Waals surface area contributed by atoms with Gasteiger partial charge in [0.25, 0.3) is 0 Å². The maximum absolute atomic E-state index is 11.5. The molecule has 2 atom stereocenters. The molecule has 1 saturated heterocycles. The third-order valence-electron chi connectivity index (χ3n) is 2.48. The number of likely N-dealkylation sites (tertiary alicyclic amines) is 1. The normalized spacial score (nSPS) is 26.9. The lowest BCUT2D eigenvalue weighted by Crippen LogP contribution is -2.48. The molecule has 2 unspecified atom stereocenters. The first-order chi connectivity index (χ1) is 5.63. The van der Waals surface area contributed by atoms with Crippen molar-refractivity contribution in [3.8, 4) is 0 Å². The van der Waals surface area contributed by atoms with Gasteiger partial charge in [-0.05, 0) is 33.1 Å². The van der Waals surface area contributed by atoms with Crippen molar-refractivity contribution in [2.24, 2.45) is 5.73 Å². The van der Waals surface area contributed by atoms with Crippen LogP contribution in [0.15, 0.2) is 0 Å². The number of carbonyl (C=O) groups excluding carboxylic acids is 1. The Morgan fingerprint density at radius 1 is 1.58 bits per heavy atom. The van der Waals surface area contributed by atoms with Gasteiger partial charge in [-0.25, -0.2) is 0 Å². The summed E-state index contributed by atoms with van der Waals surface area (Å²) in [7, 11) is 0. The van der Waals surface area contributed by atoms with Gasteiger partial charge in [0.15, 0.2) is 0 Å². The van der Waals surface area contributed by atoms with E-state index < -0.39 is 0 Å². The van der Waals surface area contributed by atoms with E-state index in [-0.39, 0.29) is 11.9 Å². The zero-order valence-electron chi connectivity index (χ0n) is 7.92. The van der Waals surface area contributed by atoms with Crippen molar-refractivity contribution in [1.29, 1.82) is 0 Å². The lowest BCUT2D eigenvalue weighted by Gasteiger charge is -2.34. The maximum Gasteiger partial charge on any atom is 0.239 e. The zero-order valence-corrected chi connectivity index (χ0v) is 7.92. The second kappa shape index (κ2) is 3.90. The molecule has 0 bridgehead atoms. The first kappa shape index (κ1) is 9.52. The number of nitrogens with zero attached hydrogens (tertiary/aromatic N) is 1. The summed E-state index contributed by atoms with van der Waals surface area (Å²) < 4.78 is 0. The van der Waals surface area contributed by atoms with E-state index in [0.717, 1.165) is 19.4 Å². The summed E-state index contributed by atoms with van der Waals surface area (Å²) in [6.45, 7) is 4.74. The monoisotopic (exact) mass is 170 g/mol. The van der Waals surface area contributed by atoms with Gasteiger partial charge in [-0.3, -0.25) is 4.79 Å². The van der Waals surface area contributed by atoms with Crippen LogP contribution < -0.4 is 5.73 Å². The number of carbonyl (C=O) groups is 1. The van der Waals surface area contributed by atoms with Crippen LogP contribution in [0.25, 0.3) is 0 Å². The number of piperidine rings is 1. The van der Waals surface area contributed by atoms with Crippen molar-refractivity contribution in [3.63, 3.8) is 0 Å². The summed E-state index contributed by atoms with van der Waals surface area (Å²) in [5, 5.41) is 0. The van der Waals surface area contributed by atoms with Crippen molar-refractivity contribution >= 4 is 5.91 Å². The van der Waals surface area contributed by atoms with E-state index in [2.05, 4.69) is 6.92 Å². The SMILES string of the molecule is CC(N)C(=O)N1CCCCC1C. The molecule has 0 aromatic rings. The Balaban J connectivity index is 2.53. The van der Waals surface area contributed by atoms with Crippen LogP contribution in [-0.2, 0) is 4.79 Å². The van der Waals surface area contributed by atoms with E-state index in [1.54, 1.807) is 6.92 Å². The molecule has 3 heteroatoms. The van der Waals surface area contributed by atoms with E-state index in [0.29, 0.717) is 6.04 Å². The number of amides is 1. The molecule has 0 aromatic heterocycles. The Bertz CT molecular complexity index is 168. The Labute approximate surface area is 73.9 Å². The Morgan fingerprint density at radius 2 is 2.25 bits per heavy atom. The molecular weight excluding hydrogens is 152 g/mol. The van der Waals surface area contributed by atoms with Gasteiger partial charge in [0.1, 0.15) is 0 Å². The predicted octanol–water partition coefficient (Wildman–Crippen LogP) is 0.735. The fourth-order valence-corrected chi connectivity index (χ4v) is 1.69. The largest absolute Gasteiger partial charge is 0.339 e. The summed E-state index contributed by atoms with van der Waals surface area (Å²) in [5.41, 5.74) is 5.54. The number of hydrogen-bond acceptors (Lipinski definition) is 2. The maximum atomic E-state index is 11.5. The van der Waals surface area contributed by atoms with Crippen LogP contribution in [-0.4, -0.2) is 29.4 Å². The van der Waals surface area contributed by atoms with Crippen LogP contribution in [0.2, 0.25) is 0 Å². The average Bonchev–Trinajstić information content (AvgIpc) is 2.04. The summed E-state index contributed by atoms with van der Waals surface area (Å²) in [6.07, 6.45) is 3.49. The van der Waals surface area contributed by atoms with Crippen molar-refractivity contribution < 1.29 is 4.79 Å². The fourth-order valence-electron chi connectivity index (χ4n) is 1.69. The fraction of sp³-hybridized carbons (Fsp3) is 0.889. The molecule has 1 aliphatic rings. The first-order valence-corrected chi connectivity index (χ1v) is 4.69. The first-order valence-electron chi connectivity index (χ1n) is 4.69. The minimum Gasteiger partial charge on any atom is -0.339 e. The summed E-state index contributed by atoms with van der Waals surface area (Å²) in [4.78, 5) is 13.4. The van der Waals surface area contributed by atoms with E-state index in [4.69, 9.17) is 5.73 Å². The van der Waals surface area contributed by atoms with Crippen LogP contribution in [0, 0.1) is 0 Å². The number of nitrogens with two attached hydrogens (primary N) is 1. The highest BCUT2D eigenvalue weighted by molar-refractivity contribution is 5.81. The van der Waals surface area contributed by atoms with Gasteiger partial charge in [0, 0.05) is 12.6 Å². The number of rotatable bonds is 1. The van der Waals surface area contributed by atoms with Gasteiger partial charge < -0.3 is 10.6 Å². The molecule has 12 heavy (non-hydrogen) atoms. The molecule has 0 spiro atoms. The van der Waals surface area contributed by atoms with Crippen molar-refractivity contribution in [2.75, 3.05) is 6.54 Å². The molecule has 1 fully saturated rings. The molecule has 0 radical (unpaired) electrons. The predicted molar refractivity (Wildman–Crippen MR) is 48.7 cm³/mol. The van der Waals surface area contributed by atoms with Gasteiger partial charge in [0.05, 0.1) is 6.04 Å². The molecule has 2 N–H and O–H groups in total. The third kappa shape index (κ3) is 1.97. The van der Waals surface area contributed by atoms with Crippen LogP contribution in [0.1, 0.15) is 33.1 Å². The smallest absolute Gasteiger partial charge is 0.239 e. The van der Waals surface area contributed by atoms with Crippen LogP contribution in [0.4, 0.5) is 0 Å². The second-order valence-electron chi connectivity index (χ2n) is 3.67. The van der Waals surface area contributed by atoms with Crippen LogP contribution in [0.3, 0.4) is 0 Å². The highest BCUT2D eigenvalue weighted by atomic mass is 16.2. The highest BCUT2D eigenvalue weighted by Crippen LogP contribution is 2.16. The Hall–Kier alpha value is -0.570. The molecule has 3 nitrogen and oxygen atoms in total. The van der Waals surface area contributed by atoms with Crippen LogP contribution in [0.5, 0.6) is 0 Å². The summed E-state index contributed by atoms with van der Waals surface area (Å²) in [5.74, 6) is 0.0993. The molecule has 1 aliphatic heterocycles. The molecule has 1 heterocycles. The van der Waals surface area contributed by atoms with Gasteiger partial charge in [-0.1, -0.05) is 0 Å². The van der Waals surface area contributed by atoms with Crippen molar-refractivity contribution in [3.05, 3.63) is 0 Å². The zero-order chi connectivity index (χ0) is 9.14. The molecular formula is C9H18N2O. The van der Waals surface area contributed by atoms with Crippen LogP contribution >= 0.6 is 0 Å². The minimum absolute atomic E-state index is 0.0993. The van der Waals surface area contributed by atoms with E-state index in [1.165, 1.54) is 6.42 Å². The molecule has 0 aliphatic carbocycles. The molecule has 0 saturated carbocycles. The van der Waals surface area contributed by atoms with Gasteiger partial charge >= 0.3 is 0 Å². The van der Waals surface area contributed by atoms with E-state index >= 15 is 0 Å². The average molecular weight is 170 g/mol. The summed E-state index contributed by atoms with van der Waals surface area (Å²) >= 11 is 0. The lowest BCUT2D eigenvalue weighted by atomic mass is 10.0. The Morgan fingerprint density at radius 3 is 2.75 bits per heavy atom. The second-order valence-corrected chi connectivity index (χ2v) is 3.67. The summed E-state index contributed by atoms with van der Waals surface area (Å²) in [6, 6.07) is 0.0443. The third-order valence-corrected chi connectivity index (χ3v) is 2.48. The molecule has 0 aromatic carbocycles. The molecule has 1 amide bonds. The van der Waals surface area contributed by atoms with E-state index in [1.807, 2.05) is 4.90 Å². The standard InChI is InChI=1S/C9H18N2O/c1-7-5-3-4-6-11(7)9(12)8(2)10/h7-8H,3-6,10H2,1-2H3. The highest BCUT2D eigenvalue weighted by Gasteiger charge is 2.24. The molecule has 1 rings (SSSR count). The number of hydrogen-bond donors (Lipinski definition) is 1. The van der Waals surface area contributed by atoms with Crippen molar-refractivity contribution in [1.82, 2.24) is 4.90 Å². The van der Waals surface area contributed by atoms with E-state index in [9.17, 15) is 4.79 Å². The Kier molecular flexibility index (Phi) is 3.09. The van der Waals surface area contributed by atoms with Gasteiger partial charge in [0.2, 0.25) is 5.91 Å². The topological polar surface area (TPSA) is 46.3 Å².